The van der Waals surface area contributed by atoms with Crippen LogP contribution in [0.3, 0.4) is 0 Å². The van der Waals surface area contributed by atoms with Gasteiger partial charge in [0.1, 0.15) is 0 Å². The third kappa shape index (κ3) is 4.40. The second-order valence-electron chi connectivity index (χ2n) is 6.55. The molecule has 1 aliphatic heterocycles. The zero-order valence-electron chi connectivity index (χ0n) is 13.9. The average molecular weight is 396 g/mol. The third-order valence-corrected chi connectivity index (χ3v) is 6.32. The SMILES string of the molecule is CC(=O)Nc1ccc(S(=O)(=O)N2CCC(N)C(C)(C)C2)cc1Cl.Cl. The second-order valence-corrected chi connectivity index (χ2v) is 8.89. The van der Waals surface area contributed by atoms with Crippen LogP contribution in [0.4, 0.5) is 5.69 Å². The van der Waals surface area contributed by atoms with E-state index in [0.29, 0.717) is 25.2 Å². The minimum absolute atomic E-state index is 0. The van der Waals surface area contributed by atoms with E-state index in [0.717, 1.165) is 0 Å². The Bertz CT molecular complexity index is 723. The molecule has 6 nitrogen and oxygen atoms in total. The van der Waals surface area contributed by atoms with Crippen LogP contribution >= 0.6 is 24.0 Å². The fourth-order valence-corrected chi connectivity index (χ4v) is 4.57. The number of halogens is 2. The van der Waals surface area contributed by atoms with Gasteiger partial charge in [-0.3, -0.25) is 4.79 Å². The molecule has 1 aromatic carbocycles. The normalized spacial score (nSPS) is 21.0. The van der Waals surface area contributed by atoms with Crippen molar-refractivity contribution >= 4 is 45.6 Å². The van der Waals surface area contributed by atoms with Crippen LogP contribution in [0.1, 0.15) is 27.2 Å². The number of nitrogens with two attached hydrogens (primary N) is 1. The molecule has 0 spiro atoms. The van der Waals surface area contributed by atoms with Gasteiger partial charge in [0.15, 0.2) is 0 Å². The molecule has 0 radical (unpaired) electrons. The number of piperidine rings is 1. The van der Waals surface area contributed by atoms with Crippen molar-refractivity contribution in [2.75, 3.05) is 18.4 Å². The molecular weight excluding hydrogens is 373 g/mol. The van der Waals surface area contributed by atoms with Crippen molar-refractivity contribution in [3.8, 4) is 0 Å². The topological polar surface area (TPSA) is 92.5 Å². The smallest absolute Gasteiger partial charge is 0.243 e. The van der Waals surface area contributed by atoms with Gasteiger partial charge in [-0.2, -0.15) is 4.31 Å². The Morgan fingerprint density at radius 1 is 1.42 bits per heavy atom. The molecule has 24 heavy (non-hydrogen) atoms. The first-order valence-electron chi connectivity index (χ1n) is 7.37. The highest BCUT2D eigenvalue weighted by atomic mass is 35.5. The van der Waals surface area contributed by atoms with Crippen molar-refractivity contribution in [3.63, 3.8) is 0 Å². The predicted octanol–water partition coefficient (Wildman–Crippen LogP) is 2.47. The Morgan fingerprint density at radius 2 is 2.04 bits per heavy atom. The number of benzene rings is 1. The average Bonchev–Trinajstić information content (AvgIpc) is 2.43. The summed E-state index contributed by atoms with van der Waals surface area (Å²) in [6.45, 7) is 6.04. The summed E-state index contributed by atoms with van der Waals surface area (Å²) in [5, 5.41) is 2.74. The predicted molar refractivity (Wildman–Crippen MR) is 98.1 cm³/mol. The van der Waals surface area contributed by atoms with Gasteiger partial charge in [-0.25, -0.2) is 8.42 Å². The molecule has 1 fully saturated rings. The zero-order valence-corrected chi connectivity index (χ0v) is 16.3. The Hall–Kier alpha value is -0.860. The third-order valence-electron chi connectivity index (χ3n) is 4.17. The van der Waals surface area contributed by atoms with E-state index < -0.39 is 10.0 Å². The lowest BCUT2D eigenvalue weighted by Gasteiger charge is -2.41. The minimum atomic E-state index is -3.64. The summed E-state index contributed by atoms with van der Waals surface area (Å²) in [7, 11) is -3.64. The van der Waals surface area contributed by atoms with Gasteiger partial charge in [-0.15, -0.1) is 12.4 Å². The fourth-order valence-electron chi connectivity index (χ4n) is 2.63. The molecule has 0 aliphatic carbocycles. The van der Waals surface area contributed by atoms with E-state index in [-0.39, 0.29) is 39.7 Å². The molecule has 0 bridgehead atoms. The van der Waals surface area contributed by atoms with E-state index in [1.165, 1.54) is 29.4 Å². The lowest BCUT2D eigenvalue weighted by molar-refractivity contribution is -0.114. The van der Waals surface area contributed by atoms with E-state index in [1.54, 1.807) is 0 Å². The Balaban J connectivity index is 0.00000288. The molecule has 0 saturated carbocycles. The van der Waals surface area contributed by atoms with E-state index in [1.807, 2.05) is 13.8 Å². The summed E-state index contributed by atoms with van der Waals surface area (Å²) in [6.07, 6.45) is 0.615. The molecule has 1 atom stereocenters. The van der Waals surface area contributed by atoms with Crippen molar-refractivity contribution in [1.82, 2.24) is 4.31 Å². The number of amides is 1. The quantitative estimate of drug-likeness (QED) is 0.821. The van der Waals surface area contributed by atoms with Crippen LogP contribution in [0.2, 0.25) is 5.02 Å². The van der Waals surface area contributed by atoms with Gasteiger partial charge >= 0.3 is 0 Å². The number of carbonyl (C=O) groups is 1. The van der Waals surface area contributed by atoms with Gasteiger partial charge in [0, 0.05) is 26.1 Å². The molecule has 2 rings (SSSR count). The Morgan fingerprint density at radius 3 is 2.54 bits per heavy atom. The molecule has 1 unspecified atom stereocenters. The molecule has 0 aromatic heterocycles. The maximum Gasteiger partial charge on any atom is 0.243 e. The Kier molecular flexibility index (Phi) is 6.69. The van der Waals surface area contributed by atoms with Crippen LogP contribution in [-0.2, 0) is 14.8 Å². The maximum absolute atomic E-state index is 12.8. The highest BCUT2D eigenvalue weighted by Gasteiger charge is 2.38. The summed E-state index contributed by atoms with van der Waals surface area (Å²) in [6, 6.07) is 4.29. The number of hydrogen-bond acceptors (Lipinski definition) is 4. The number of hydrogen-bond donors (Lipinski definition) is 2. The summed E-state index contributed by atoms with van der Waals surface area (Å²) in [4.78, 5) is 11.2. The number of nitrogens with one attached hydrogen (secondary N) is 1. The molecule has 1 aliphatic rings. The highest BCUT2D eigenvalue weighted by molar-refractivity contribution is 7.89. The second kappa shape index (κ2) is 7.58. The summed E-state index contributed by atoms with van der Waals surface area (Å²) in [5.41, 5.74) is 6.17. The van der Waals surface area contributed by atoms with Crippen LogP contribution < -0.4 is 11.1 Å². The number of carbonyl (C=O) groups excluding carboxylic acids is 1. The zero-order chi connectivity index (χ0) is 17.4. The van der Waals surface area contributed by atoms with Gasteiger partial charge in [-0.1, -0.05) is 25.4 Å². The lowest BCUT2D eigenvalue weighted by Crippen LogP contribution is -2.53. The largest absolute Gasteiger partial charge is 0.327 e. The van der Waals surface area contributed by atoms with Gasteiger partial charge < -0.3 is 11.1 Å². The van der Waals surface area contributed by atoms with E-state index in [2.05, 4.69) is 5.32 Å². The van der Waals surface area contributed by atoms with Crippen LogP contribution in [0.5, 0.6) is 0 Å². The van der Waals surface area contributed by atoms with Crippen molar-refractivity contribution in [2.24, 2.45) is 11.1 Å². The molecule has 1 amide bonds. The van der Waals surface area contributed by atoms with E-state index in [9.17, 15) is 13.2 Å². The van der Waals surface area contributed by atoms with Crippen LogP contribution in [0, 0.1) is 5.41 Å². The van der Waals surface area contributed by atoms with Crippen LogP contribution in [0.15, 0.2) is 23.1 Å². The van der Waals surface area contributed by atoms with Gasteiger partial charge in [0.2, 0.25) is 15.9 Å². The summed E-state index contributed by atoms with van der Waals surface area (Å²) < 4.78 is 27.1. The van der Waals surface area contributed by atoms with Crippen LogP contribution in [0.25, 0.3) is 0 Å². The van der Waals surface area contributed by atoms with E-state index in [4.69, 9.17) is 17.3 Å². The molecular formula is C15H23Cl2N3O3S. The van der Waals surface area contributed by atoms with E-state index >= 15 is 0 Å². The number of nitrogens with zero attached hydrogens (tertiary/aromatic N) is 1. The van der Waals surface area contributed by atoms with Gasteiger partial charge in [-0.05, 0) is 30.0 Å². The first kappa shape index (κ1) is 21.2. The highest BCUT2D eigenvalue weighted by Crippen LogP contribution is 2.33. The maximum atomic E-state index is 12.8. The fraction of sp³-hybridized carbons (Fsp3) is 0.533. The van der Waals surface area contributed by atoms with Crippen molar-refractivity contribution in [2.45, 2.75) is 38.1 Å². The number of sulfonamides is 1. The van der Waals surface area contributed by atoms with Gasteiger partial charge in [0.05, 0.1) is 15.6 Å². The van der Waals surface area contributed by atoms with Crippen molar-refractivity contribution in [3.05, 3.63) is 23.2 Å². The molecule has 9 heteroatoms. The molecule has 1 saturated heterocycles. The standard InChI is InChI=1S/C15H22ClN3O3S.ClH/c1-10(20)18-13-5-4-11(8-12(13)16)23(21,22)19-7-6-14(17)15(2,3)9-19;/h4-5,8,14H,6-7,9,17H2,1-3H3,(H,18,20);1H. The molecule has 136 valence electrons. The van der Waals surface area contributed by atoms with Crippen molar-refractivity contribution < 1.29 is 13.2 Å². The Labute approximate surface area is 154 Å². The number of rotatable bonds is 3. The first-order chi connectivity index (χ1) is 10.5. The van der Waals surface area contributed by atoms with Crippen LogP contribution in [-0.4, -0.2) is 37.8 Å². The monoisotopic (exact) mass is 395 g/mol. The molecule has 3 N–H and O–H groups in total. The molecule has 1 aromatic rings. The number of anilines is 1. The summed E-state index contributed by atoms with van der Waals surface area (Å²) in [5.74, 6) is -0.269. The van der Waals surface area contributed by atoms with Gasteiger partial charge in [0.25, 0.3) is 0 Å². The molecule has 1 heterocycles. The van der Waals surface area contributed by atoms with Crippen molar-refractivity contribution in [1.29, 1.82) is 0 Å². The minimum Gasteiger partial charge on any atom is -0.327 e. The summed E-state index contributed by atoms with van der Waals surface area (Å²) >= 11 is 6.08. The lowest BCUT2D eigenvalue weighted by atomic mass is 9.81. The first-order valence-corrected chi connectivity index (χ1v) is 9.19.